The van der Waals surface area contributed by atoms with Gasteiger partial charge in [0.15, 0.2) is 9.84 Å². The molecule has 0 unspecified atom stereocenters. The zero-order valence-electron chi connectivity index (χ0n) is 14.0. The summed E-state index contributed by atoms with van der Waals surface area (Å²) in [6.45, 7) is 2.25. The molecular weight excluding hydrogens is 336 g/mol. The molecule has 2 aromatic carbocycles. The van der Waals surface area contributed by atoms with Crippen LogP contribution < -0.4 is 5.32 Å². The molecule has 1 aromatic heterocycles. The predicted molar refractivity (Wildman–Crippen MR) is 97.2 cm³/mol. The third-order valence-corrected chi connectivity index (χ3v) is 5.02. The Hall–Kier alpha value is -2.73. The Morgan fingerprint density at radius 3 is 2.44 bits per heavy atom. The lowest BCUT2D eigenvalue weighted by Crippen LogP contribution is -2.22. The fraction of sp³-hybridized carbons (Fsp3) is 0.158. The first-order valence-electron chi connectivity index (χ1n) is 7.77. The molecule has 0 atom stereocenters. The van der Waals surface area contributed by atoms with Crippen molar-refractivity contribution >= 4 is 26.6 Å². The van der Waals surface area contributed by atoms with E-state index in [1.807, 2.05) is 31.2 Å². The highest BCUT2D eigenvalue weighted by Crippen LogP contribution is 2.15. The molecule has 1 N–H and O–H groups in total. The van der Waals surface area contributed by atoms with Crippen molar-refractivity contribution in [2.45, 2.75) is 18.4 Å². The monoisotopic (exact) mass is 354 g/mol. The summed E-state index contributed by atoms with van der Waals surface area (Å²) >= 11 is 0. The minimum atomic E-state index is -3.21. The number of aromatic nitrogens is 1. The van der Waals surface area contributed by atoms with Gasteiger partial charge in [0.2, 0.25) is 0 Å². The number of rotatable bonds is 4. The third-order valence-electron chi connectivity index (χ3n) is 3.90. The second-order valence-corrected chi connectivity index (χ2v) is 7.97. The Bertz CT molecular complexity index is 1040. The summed E-state index contributed by atoms with van der Waals surface area (Å²) < 4.78 is 22.9. The number of sulfone groups is 1. The fourth-order valence-corrected chi connectivity index (χ4v) is 3.14. The molecule has 3 aromatic rings. The van der Waals surface area contributed by atoms with Crippen LogP contribution in [0, 0.1) is 6.92 Å². The number of carbonyl (C=O) groups excluding carboxylic acids is 1. The van der Waals surface area contributed by atoms with E-state index >= 15 is 0 Å². The van der Waals surface area contributed by atoms with Gasteiger partial charge >= 0.3 is 0 Å². The molecule has 0 saturated heterocycles. The SMILES string of the molecule is Cc1ccc2cc(C(=O)NCc3ccc(S(C)(=O)=O)cc3)ccc2n1. The number of hydrogen-bond donors (Lipinski definition) is 1. The van der Waals surface area contributed by atoms with Crippen LogP contribution in [0.1, 0.15) is 21.6 Å². The van der Waals surface area contributed by atoms with Crippen molar-refractivity contribution in [2.75, 3.05) is 6.26 Å². The smallest absolute Gasteiger partial charge is 0.251 e. The number of hydrogen-bond acceptors (Lipinski definition) is 4. The Balaban J connectivity index is 1.71. The maximum Gasteiger partial charge on any atom is 0.251 e. The molecule has 0 bridgehead atoms. The average Bonchev–Trinajstić information content (AvgIpc) is 2.58. The molecule has 0 fully saturated rings. The van der Waals surface area contributed by atoms with E-state index in [0.29, 0.717) is 12.1 Å². The van der Waals surface area contributed by atoms with Gasteiger partial charge in [-0.2, -0.15) is 0 Å². The molecule has 128 valence electrons. The number of carbonyl (C=O) groups is 1. The lowest BCUT2D eigenvalue weighted by molar-refractivity contribution is 0.0951. The van der Waals surface area contributed by atoms with E-state index < -0.39 is 9.84 Å². The number of fused-ring (bicyclic) bond motifs is 1. The summed E-state index contributed by atoms with van der Waals surface area (Å²) in [5, 5.41) is 3.75. The van der Waals surface area contributed by atoms with Gasteiger partial charge in [-0.25, -0.2) is 8.42 Å². The number of pyridine rings is 1. The molecule has 1 heterocycles. The Labute approximate surface area is 146 Å². The van der Waals surface area contributed by atoms with Crippen molar-refractivity contribution in [2.24, 2.45) is 0 Å². The van der Waals surface area contributed by atoms with Gasteiger partial charge in [0, 0.05) is 29.4 Å². The molecule has 0 saturated carbocycles. The van der Waals surface area contributed by atoms with Crippen LogP contribution in [0.4, 0.5) is 0 Å². The number of benzene rings is 2. The first-order chi connectivity index (χ1) is 11.8. The Morgan fingerprint density at radius 1 is 1.04 bits per heavy atom. The molecule has 0 aliphatic carbocycles. The minimum Gasteiger partial charge on any atom is -0.348 e. The fourth-order valence-electron chi connectivity index (χ4n) is 2.51. The van der Waals surface area contributed by atoms with E-state index in [1.54, 1.807) is 30.3 Å². The third kappa shape index (κ3) is 4.03. The molecule has 6 heteroatoms. The number of nitrogens with one attached hydrogen (secondary N) is 1. The van der Waals surface area contributed by atoms with Crippen LogP contribution in [-0.2, 0) is 16.4 Å². The van der Waals surface area contributed by atoms with Gasteiger partial charge in [-0.15, -0.1) is 0 Å². The van der Waals surface area contributed by atoms with Gasteiger partial charge in [-0.3, -0.25) is 9.78 Å². The van der Waals surface area contributed by atoms with Crippen molar-refractivity contribution < 1.29 is 13.2 Å². The second-order valence-electron chi connectivity index (χ2n) is 5.96. The van der Waals surface area contributed by atoms with Crippen LogP contribution in [0.5, 0.6) is 0 Å². The number of aryl methyl sites for hydroxylation is 1. The first-order valence-corrected chi connectivity index (χ1v) is 9.67. The highest BCUT2D eigenvalue weighted by Gasteiger charge is 2.09. The lowest BCUT2D eigenvalue weighted by Gasteiger charge is -2.07. The van der Waals surface area contributed by atoms with Crippen LogP contribution in [0.2, 0.25) is 0 Å². The average molecular weight is 354 g/mol. The van der Waals surface area contributed by atoms with Crippen molar-refractivity contribution in [3.8, 4) is 0 Å². The molecule has 1 amide bonds. The molecule has 0 aliphatic heterocycles. The van der Waals surface area contributed by atoms with Gasteiger partial charge in [0.05, 0.1) is 10.4 Å². The highest BCUT2D eigenvalue weighted by atomic mass is 32.2. The second kappa shape index (κ2) is 6.64. The van der Waals surface area contributed by atoms with E-state index in [-0.39, 0.29) is 10.8 Å². The van der Waals surface area contributed by atoms with Crippen molar-refractivity contribution in [1.29, 1.82) is 0 Å². The standard InChI is InChI=1S/C19H18N2O3S/c1-13-3-6-15-11-16(7-10-18(15)21-13)19(22)20-12-14-4-8-17(9-5-14)25(2,23)24/h3-11H,12H2,1-2H3,(H,20,22). The molecule has 0 aliphatic rings. The normalized spacial score (nSPS) is 11.4. The topological polar surface area (TPSA) is 76.1 Å². The van der Waals surface area contributed by atoms with Crippen LogP contribution in [-0.4, -0.2) is 25.6 Å². The van der Waals surface area contributed by atoms with Crippen LogP contribution >= 0.6 is 0 Å². The van der Waals surface area contributed by atoms with E-state index in [9.17, 15) is 13.2 Å². The quantitative estimate of drug-likeness (QED) is 0.782. The largest absolute Gasteiger partial charge is 0.348 e. The summed E-state index contributed by atoms with van der Waals surface area (Å²) in [5.74, 6) is -0.185. The summed E-state index contributed by atoms with van der Waals surface area (Å²) in [6.07, 6.45) is 1.17. The van der Waals surface area contributed by atoms with Gasteiger partial charge < -0.3 is 5.32 Å². The maximum absolute atomic E-state index is 12.3. The zero-order valence-corrected chi connectivity index (χ0v) is 14.8. The Morgan fingerprint density at radius 2 is 1.76 bits per heavy atom. The predicted octanol–water partition coefficient (Wildman–Crippen LogP) is 2.88. The van der Waals surface area contributed by atoms with Gasteiger partial charge in [-0.05, 0) is 48.9 Å². The lowest BCUT2D eigenvalue weighted by atomic mass is 10.1. The summed E-state index contributed by atoms with van der Waals surface area (Å²) in [6, 6.07) is 15.7. The molecule has 5 nitrogen and oxygen atoms in total. The van der Waals surface area contributed by atoms with Gasteiger partial charge in [0.25, 0.3) is 5.91 Å². The number of nitrogens with zero attached hydrogens (tertiary/aromatic N) is 1. The van der Waals surface area contributed by atoms with Gasteiger partial charge in [0.1, 0.15) is 0 Å². The van der Waals surface area contributed by atoms with Crippen molar-refractivity contribution in [3.63, 3.8) is 0 Å². The van der Waals surface area contributed by atoms with E-state index in [0.717, 1.165) is 22.2 Å². The van der Waals surface area contributed by atoms with Crippen LogP contribution in [0.25, 0.3) is 10.9 Å². The van der Waals surface area contributed by atoms with E-state index in [4.69, 9.17) is 0 Å². The van der Waals surface area contributed by atoms with Crippen LogP contribution in [0.15, 0.2) is 59.5 Å². The summed E-state index contributed by atoms with van der Waals surface area (Å²) in [4.78, 5) is 17.0. The number of amides is 1. The highest BCUT2D eigenvalue weighted by molar-refractivity contribution is 7.90. The summed E-state index contributed by atoms with van der Waals surface area (Å²) in [7, 11) is -3.21. The molecule has 25 heavy (non-hydrogen) atoms. The molecular formula is C19H18N2O3S. The molecule has 0 spiro atoms. The molecule has 0 radical (unpaired) electrons. The molecule has 3 rings (SSSR count). The summed E-state index contributed by atoms with van der Waals surface area (Å²) in [5.41, 5.74) is 3.18. The Kier molecular flexibility index (Phi) is 4.55. The van der Waals surface area contributed by atoms with E-state index in [2.05, 4.69) is 10.3 Å². The van der Waals surface area contributed by atoms with Crippen LogP contribution in [0.3, 0.4) is 0 Å². The minimum absolute atomic E-state index is 0.185. The van der Waals surface area contributed by atoms with Crippen molar-refractivity contribution in [1.82, 2.24) is 10.3 Å². The zero-order chi connectivity index (χ0) is 18.0. The van der Waals surface area contributed by atoms with Crippen molar-refractivity contribution in [3.05, 3.63) is 71.4 Å². The maximum atomic E-state index is 12.3. The first kappa shape index (κ1) is 17.1. The van der Waals surface area contributed by atoms with E-state index in [1.165, 1.54) is 6.26 Å². The van der Waals surface area contributed by atoms with Gasteiger partial charge in [-0.1, -0.05) is 18.2 Å².